The van der Waals surface area contributed by atoms with Gasteiger partial charge in [-0.25, -0.2) is 0 Å². The zero-order valence-electron chi connectivity index (χ0n) is 17.3. The Bertz CT molecular complexity index is 738. The van der Waals surface area contributed by atoms with E-state index in [0.717, 1.165) is 37.7 Å². The Morgan fingerprint density at radius 1 is 1.30 bits per heavy atom. The number of aliphatic hydroxyl groups is 1. The Morgan fingerprint density at radius 3 is 2.80 bits per heavy atom. The Labute approximate surface area is 177 Å². The molecule has 1 heterocycles. The maximum atomic E-state index is 12.1. The molecule has 2 aliphatic rings. The number of carbonyl (C=O) groups excluding carboxylic acids is 2. The molecular formula is C21H30BNO7. The van der Waals surface area contributed by atoms with Crippen molar-refractivity contribution in [2.45, 2.75) is 70.5 Å². The van der Waals surface area contributed by atoms with Crippen LogP contribution in [0.5, 0.6) is 5.75 Å². The quantitative estimate of drug-likeness (QED) is 0.336. The third-order valence-corrected chi connectivity index (χ3v) is 5.60. The number of esters is 1. The zero-order chi connectivity index (χ0) is 21.5. The summed E-state index contributed by atoms with van der Waals surface area (Å²) in [5.74, 6) is -0.789. The maximum absolute atomic E-state index is 12.1. The van der Waals surface area contributed by atoms with Gasteiger partial charge < -0.3 is 29.6 Å². The van der Waals surface area contributed by atoms with E-state index in [0.29, 0.717) is 30.6 Å². The molecule has 0 aromatic heterocycles. The van der Waals surface area contributed by atoms with Crippen LogP contribution in [0.4, 0.5) is 0 Å². The molecule has 1 aliphatic heterocycles. The number of ether oxygens (including phenoxy) is 2. The monoisotopic (exact) mass is 419 g/mol. The summed E-state index contributed by atoms with van der Waals surface area (Å²) >= 11 is 0. The van der Waals surface area contributed by atoms with Crippen LogP contribution in [0.25, 0.3) is 0 Å². The number of rotatable bonds is 8. The first kappa shape index (κ1) is 22.6. The van der Waals surface area contributed by atoms with Crippen molar-refractivity contribution in [3.05, 3.63) is 29.3 Å². The predicted octanol–water partition coefficient (Wildman–Crippen LogP) is 2.01. The highest BCUT2D eigenvalue weighted by molar-refractivity contribution is 6.46. The van der Waals surface area contributed by atoms with E-state index >= 15 is 0 Å². The normalized spacial score (nSPS) is 20.1. The van der Waals surface area contributed by atoms with Crippen LogP contribution in [-0.4, -0.2) is 41.9 Å². The summed E-state index contributed by atoms with van der Waals surface area (Å²) in [6.07, 6.45) is 4.93. The second-order valence-corrected chi connectivity index (χ2v) is 7.91. The van der Waals surface area contributed by atoms with Gasteiger partial charge in [0.2, 0.25) is 5.91 Å². The Balaban J connectivity index is 1.57. The lowest BCUT2D eigenvalue weighted by Gasteiger charge is -2.30. The number of hydrogen-bond donors (Lipinski definition) is 3. The van der Waals surface area contributed by atoms with Gasteiger partial charge in [-0.3, -0.25) is 9.59 Å². The fourth-order valence-electron chi connectivity index (χ4n) is 3.98. The molecule has 0 radical (unpaired) electrons. The van der Waals surface area contributed by atoms with Gasteiger partial charge >= 0.3 is 13.1 Å². The van der Waals surface area contributed by atoms with Crippen molar-refractivity contribution >= 4 is 19.0 Å². The summed E-state index contributed by atoms with van der Waals surface area (Å²) in [6, 6.07) is 5.16. The molecule has 1 saturated carbocycles. The minimum atomic E-state index is -1.38. The number of fused-ring (bicyclic) bond motifs is 1. The average molecular weight is 419 g/mol. The van der Waals surface area contributed by atoms with Gasteiger partial charge in [0.05, 0.1) is 11.9 Å². The summed E-state index contributed by atoms with van der Waals surface area (Å²) in [5.41, 5.74) is 1.07. The molecule has 1 aliphatic carbocycles. The van der Waals surface area contributed by atoms with Crippen molar-refractivity contribution in [2.24, 2.45) is 5.92 Å². The first-order valence-corrected chi connectivity index (χ1v) is 10.7. The molecule has 0 bridgehead atoms. The van der Waals surface area contributed by atoms with Gasteiger partial charge in [-0.05, 0) is 31.2 Å². The second kappa shape index (κ2) is 10.8. The number of hydrogen-bond acceptors (Lipinski definition) is 7. The zero-order valence-corrected chi connectivity index (χ0v) is 17.3. The van der Waals surface area contributed by atoms with E-state index < -0.39 is 19.3 Å². The SMILES string of the molecule is CCCC(=O)N[C@H]1Cc2cccc(C(O)OCOC(=O)C3CCCCC3)c2OB1O. The van der Waals surface area contributed by atoms with E-state index in [2.05, 4.69) is 5.32 Å². The molecule has 2 atom stereocenters. The molecule has 3 N–H and O–H groups in total. The molecule has 3 rings (SSSR count). The number of nitrogens with one attached hydrogen (secondary N) is 1. The van der Waals surface area contributed by atoms with Crippen molar-refractivity contribution in [2.75, 3.05) is 6.79 Å². The van der Waals surface area contributed by atoms with Crippen LogP contribution in [0, 0.1) is 5.92 Å². The van der Waals surface area contributed by atoms with Gasteiger partial charge in [-0.1, -0.05) is 44.4 Å². The first-order valence-electron chi connectivity index (χ1n) is 10.7. The smallest absolute Gasteiger partial charge is 0.534 e. The largest absolute Gasteiger partial charge is 0.547 e. The lowest BCUT2D eigenvalue weighted by atomic mass is 9.72. The van der Waals surface area contributed by atoms with E-state index in [1.165, 1.54) is 0 Å². The Morgan fingerprint density at radius 2 is 2.07 bits per heavy atom. The summed E-state index contributed by atoms with van der Waals surface area (Å²) in [4.78, 5) is 23.9. The van der Waals surface area contributed by atoms with Crippen LogP contribution in [0.1, 0.15) is 69.3 Å². The summed E-state index contributed by atoms with van der Waals surface area (Å²) in [5, 5.41) is 23.5. The lowest BCUT2D eigenvalue weighted by Crippen LogP contribution is -2.53. The highest BCUT2D eigenvalue weighted by Crippen LogP contribution is 2.34. The molecular weight excluding hydrogens is 389 g/mol. The van der Waals surface area contributed by atoms with E-state index in [1.807, 2.05) is 6.92 Å². The van der Waals surface area contributed by atoms with Gasteiger partial charge in [0.25, 0.3) is 0 Å². The molecule has 0 spiro atoms. The second-order valence-electron chi connectivity index (χ2n) is 7.91. The molecule has 1 fully saturated rings. The molecule has 1 unspecified atom stereocenters. The summed E-state index contributed by atoms with van der Waals surface area (Å²) in [7, 11) is -1.24. The number of para-hydroxylation sites is 1. The van der Waals surface area contributed by atoms with Gasteiger partial charge in [-0.15, -0.1) is 0 Å². The molecule has 8 nitrogen and oxygen atoms in total. The van der Waals surface area contributed by atoms with Crippen LogP contribution in [0.3, 0.4) is 0 Å². The van der Waals surface area contributed by atoms with Crippen molar-refractivity contribution in [3.8, 4) is 5.75 Å². The Hall–Kier alpha value is -2.10. The first-order chi connectivity index (χ1) is 14.5. The van der Waals surface area contributed by atoms with Gasteiger partial charge in [0.15, 0.2) is 13.1 Å². The van der Waals surface area contributed by atoms with Crippen molar-refractivity contribution in [1.29, 1.82) is 0 Å². The fourth-order valence-corrected chi connectivity index (χ4v) is 3.98. The number of amides is 1. The van der Waals surface area contributed by atoms with Gasteiger partial charge in [0, 0.05) is 12.0 Å². The van der Waals surface area contributed by atoms with Crippen LogP contribution < -0.4 is 9.97 Å². The number of aliphatic hydroxyl groups excluding tert-OH is 1. The topological polar surface area (TPSA) is 114 Å². The van der Waals surface area contributed by atoms with E-state index in [-0.39, 0.29) is 24.6 Å². The van der Waals surface area contributed by atoms with Crippen molar-refractivity contribution < 1.29 is 33.8 Å². The fraction of sp³-hybridized carbons (Fsp3) is 0.619. The van der Waals surface area contributed by atoms with Gasteiger partial charge in [-0.2, -0.15) is 0 Å². The third kappa shape index (κ3) is 5.74. The molecule has 9 heteroatoms. The molecule has 1 aromatic rings. The van der Waals surface area contributed by atoms with Crippen LogP contribution in [-0.2, 0) is 25.5 Å². The summed E-state index contributed by atoms with van der Waals surface area (Å²) in [6.45, 7) is 1.54. The molecule has 164 valence electrons. The minimum Gasteiger partial charge on any atom is -0.534 e. The molecule has 30 heavy (non-hydrogen) atoms. The van der Waals surface area contributed by atoms with E-state index in [9.17, 15) is 19.7 Å². The molecule has 1 amide bonds. The highest BCUT2D eigenvalue weighted by Gasteiger charge is 2.37. The van der Waals surface area contributed by atoms with Gasteiger partial charge in [0.1, 0.15) is 5.75 Å². The van der Waals surface area contributed by atoms with Crippen LogP contribution >= 0.6 is 0 Å². The minimum absolute atomic E-state index is 0.0951. The van der Waals surface area contributed by atoms with Crippen molar-refractivity contribution in [3.63, 3.8) is 0 Å². The summed E-state index contributed by atoms with van der Waals surface area (Å²) < 4.78 is 16.1. The van der Waals surface area contributed by atoms with Crippen LogP contribution in [0.15, 0.2) is 18.2 Å². The standard InChI is InChI=1S/C21H30BNO7/c1-2-7-18(24)23-17-12-15-10-6-11-16(19(15)30-22(17)27)21(26)29-13-28-20(25)14-8-4-3-5-9-14/h6,10-11,14,17,21,26-27H,2-5,7-9,12-13H2,1H3,(H,23,24)/t17-,21?/m0/s1. The number of carbonyl (C=O) groups is 2. The highest BCUT2D eigenvalue weighted by atomic mass is 16.7. The third-order valence-electron chi connectivity index (χ3n) is 5.60. The number of benzene rings is 1. The lowest BCUT2D eigenvalue weighted by molar-refractivity contribution is -0.190. The molecule has 0 saturated heterocycles. The molecule has 1 aromatic carbocycles. The van der Waals surface area contributed by atoms with E-state index in [4.69, 9.17) is 14.1 Å². The van der Waals surface area contributed by atoms with Crippen LogP contribution in [0.2, 0.25) is 0 Å². The van der Waals surface area contributed by atoms with E-state index in [1.54, 1.807) is 18.2 Å². The van der Waals surface area contributed by atoms with Crippen molar-refractivity contribution in [1.82, 2.24) is 5.32 Å². The Kier molecular flexibility index (Phi) is 8.12. The predicted molar refractivity (Wildman–Crippen MR) is 109 cm³/mol. The average Bonchev–Trinajstić information content (AvgIpc) is 2.74. The maximum Gasteiger partial charge on any atom is 0.547 e.